The van der Waals surface area contributed by atoms with Crippen molar-refractivity contribution in [2.45, 2.75) is 38.8 Å². The van der Waals surface area contributed by atoms with Crippen LogP contribution in [-0.2, 0) is 19.1 Å². The van der Waals surface area contributed by atoms with Gasteiger partial charge in [-0.05, 0) is 26.3 Å². The van der Waals surface area contributed by atoms with Crippen LogP contribution in [0, 0.1) is 0 Å². The smallest absolute Gasteiger partial charge is 0.441 e. The number of nitrogens with one attached hydrogen (secondary N) is 1. The molecular weight excluding hydrogens is 350 g/mol. The number of alkyl carbamates (subject to hydrolysis) is 1. The summed E-state index contributed by atoms with van der Waals surface area (Å²) in [5.74, 6) is -1.87. The molecule has 0 fully saturated rings. The van der Waals surface area contributed by atoms with Crippen LogP contribution in [0.5, 0.6) is 0 Å². The molecular formula is C19H23N3O5. The van der Waals surface area contributed by atoms with Gasteiger partial charge in [0.25, 0.3) is 5.78 Å². The molecule has 1 rings (SSSR count). The number of benzene rings is 1. The van der Waals surface area contributed by atoms with E-state index in [0.29, 0.717) is 5.56 Å². The largest absolute Gasteiger partial charge is 0.453 e. The standard InChI is InChI=1S/C19H23N3O5/c1-5-11-26-17(24)16(22-20)15(23)12-14(13-9-7-6-8-10-13)21-18(25)27-19(2,3)4/h5-10,14H,1,11-12H2,2-4H3,(H,21,25)/t14-/m1/s1. The molecule has 1 aromatic carbocycles. The second-order valence-electron chi connectivity index (χ2n) is 6.57. The number of carbonyl (C=O) groups excluding carboxylic acids is 3. The van der Waals surface area contributed by atoms with Crippen molar-refractivity contribution in [2.24, 2.45) is 0 Å². The monoisotopic (exact) mass is 373 g/mol. The van der Waals surface area contributed by atoms with Gasteiger partial charge in [-0.2, -0.15) is 4.79 Å². The van der Waals surface area contributed by atoms with Gasteiger partial charge in [0.15, 0.2) is 0 Å². The average molecular weight is 373 g/mol. The van der Waals surface area contributed by atoms with Crippen LogP contribution < -0.4 is 5.32 Å². The van der Waals surface area contributed by atoms with Crippen molar-refractivity contribution in [3.05, 3.63) is 54.1 Å². The maximum Gasteiger partial charge on any atom is 0.441 e. The molecule has 0 unspecified atom stereocenters. The molecule has 1 N–H and O–H groups in total. The van der Waals surface area contributed by atoms with Gasteiger partial charge in [-0.1, -0.05) is 43.0 Å². The molecule has 0 aromatic heterocycles. The van der Waals surface area contributed by atoms with Crippen LogP contribution in [0.15, 0.2) is 43.0 Å². The highest BCUT2D eigenvalue weighted by molar-refractivity contribution is 6.62. The Morgan fingerprint density at radius 3 is 2.41 bits per heavy atom. The molecule has 0 radical (unpaired) electrons. The van der Waals surface area contributed by atoms with Crippen molar-refractivity contribution in [2.75, 3.05) is 6.61 Å². The van der Waals surface area contributed by atoms with Gasteiger partial charge in [-0.3, -0.25) is 4.79 Å². The number of nitrogens with zero attached hydrogens (tertiary/aromatic N) is 2. The molecule has 1 atom stereocenters. The molecule has 0 saturated carbocycles. The minimum Gasteiger partial charge on any atom is -0.453 e. The van der Waals surface area contributed by atoms with Crippen LogP contribution in [0.3, 0.4) is 0 Å². The average Bonchev–Trinajstić information content (AvgIpc) is 2.59. The van der Waals surface area contributed by atoms with Gasteiger partial charge >= 0.3 is 17.8 Å². The molecule has 0 aliphatic carbocycles. The summed E-state index contributed by atoms with van der Waals surface area (Å²) in [5, 5.41) is 2.59. The number of carbonyl (C=O) groups is 3. The van der Waals surface area contributed by atoms with Crippen molar-refractivity contribution in [3.8, 4) is 0 Å². The number of amides is 1. The number of ketones is 1. The Balaban J connectivity index is 2.98. The normalized spacial score (nSPS) is 11.5. The molecule has 0 saturated heterocycles. The SMILES string of the molecule is C=CCOC(=O)C(=[N+]=[N-])C(=O)C[C@@H](NC(=O)OC(C)(C)C)c1ccccc1. The Morgan fingerprint density at radius 1 is 1.26 bits per heavy atom. The second kappa shape index (κ2) is 10.0. The Kier molecular flexibility index (Phi) is 8.10. The molecule has 0 aliphatic rings. The Hall–Kier alpha value is -3.25. The third-order valence-electron chi connectivity index (χ3n) is 3.17. The Morgan fingerprint density at radius 2 is 1.89 bits per heavy atom. The fraction of sp³-hybridized carbons (Fsp3) is 0.368. The van der Waals surface area contributed by atoms with Gasteiger partial charge < -0.3 is 20.3 Å². The summed E-state index contributed by atoms with van der Waals surface area (Å²) in [5.41, 5.74) is 8.15. The Labute approximate surface area is 157 Å². The first-order valence-electron chi connectivity index (χ1n) is 8.25. The van der Waals surface area contributed by atoms with E-state index in [4.69, 9.17) is 15.0 Å². The lowest BCUT2D eigenvalue weighted by Gasteiger charge is -2.23. The van der Waals surface area contributed by atoms with Crippen LogP contribution in [-0.4, -0.2) is 40.6 Å². The number of ether oxygens (including phenoxy) is 2. The number of rotatable bonds is 8. The number of Topliss-reactive ketones (excluding diaryl/α,β-unsaturated/α-hetero) is 1. The maximum absolute atomic E-state index is 12.4. The van der Waals surface area contributed by atoms with Crippen molar-refractivity contribution in [1.29, 1.82) is 0 Å². The number of esters is 1. The van der Waals surface area contributed by atoms with E-state index in [1.165, 1.54) is 6.08 Å². The first kappa shape index (κ1) is 21.8. The highest BCUT2D eigenvalue weighted by Gasteiger charge is 2.34. The molecule has 1 aromatic rings. The van der Waals surface area contributed by atoms with Crippen molar-refractivity contribution in [1.82, 2.24) is 5.32 Å². The lowest BCUT2D eigenvalue weighted by Crippen LogP contribution is -2.37. The van der Waals surface area contributed by atoms with Gasteiger partial charge in [-0.15, -0.1) is 0 Å². The summed E-state index contributed by atoms with van der Waals surface area (Å²) in [4.78, 5) is 39.1. The topological polar surface area (TPSA) is 118 Å². The zero-order chi connectivity index (χ0) is 20.4. The van der Waals surface area contributed by atoms with E-state index in [2.05, 4.69) is 16.7 Å². The predicted octanol–water partition coefficient (Wildman–Crippen LogP) is 2.61. The van der Waals surface area contributed by atoms with E-state index >= 15 is 0 Å². The van der Waals surface area contributed by atoms with Crippen LogP contribution >= 0.6 is 0 Å². The van der Waals surface area contributed by atoms with E-state index in [1.54, 1.807) is 51.1 Å². The molecule has 0 spiro atoms. The fourth-order valence-electron chi connectivity index (χ4n) is 2.08. The van der Waals surface area contributed by atoms with Crippen molar-refractivity contribution >= 4 is 23.6 Å². The summed E-state index contributed by atoms with van der Waals surface area (Å²) in [6.07, 6.45) is 0.265. The van der Waals surface area contributed by atoms with Gasteiger partial charge in [0.2, 0.25) is 0 Å². The highest BCUT2D eigenvalue weighted by atomic mass is 16.6. The summed E-state index contributed by atoms with van der Waals surface area (Å²) < 4.78 is 9.93. The minimum atomic E-state index is -1.08. The lowest BCUT2D eigenvalue weighted by atomic mass is 9.99. The zero-order valence-corrected chi connectivity index (χ0v) is 15.6. The van der Waals surface area contributed by atoms with E-state index in [-0.39, 0.29) is 13.0 Å². The van der Waals surface area contributed by atoms with E-state index in [0.717, 1.165) is 0 Å². The molecule has 8 nitrogen and oxygen atoms in total. The third kappa shape index (κ3) is 7.66. The van der Waals surface area contributed by atoms with Gasteiger partial charge in [0, 0.05) is 6.42 Å². The van der Waals surface area contributed by atoms with Crippen LogP contribution in [0.2, 0.25) is 0 Å². The molecule has 8 heteroatoms. The van der Waals surface area contributed by atoms with Gasteiger partial charge in [0.1, 0.15) is 12.2 Å². The van der Waals surface area contributed by atoms with Crippen LogP contribution in [0.4, 0.5) is 4.79 Å². The molecule has 0 aliphatic heterocycles. The fourth-order valence-corrected chi connectivity index (χ4v) is 2.08. The first-order chi connectivity index (χ1) is 12.7. The third-order valence-corrected chi connectivity index (χ3v) is 3.17. The van der Waals surface area contributed by atoms with E-state index in [9.17, 15) is 14.4 Å². The maximum atomic E-state index is 12.4. The van der Waals surface area contributed by atoms with Gasteiger partial charge in [0.05, 0.1) is 6.04 Å². The molecule has 144 valence electrons. The highest BCUT2D eigenvalue weighted by Crippen LogP contribution is 2.18. The summed E-state index contributed by atoms with van der Waals surface area (Å²) in [6, 6.07) is 7.88. The number of hydrogen-bond acceptors (Lipinski definition) is 5. The quantitative estimate of drug-likeness (QED) is 0.188. The predicted molar refractivity (Wildman–Crippen MR) is 98.0 cm³/mol. The van der Waals surface area contributed by atoms with E-state index < -0.39 is 35.2 Å². The van der Waals surface area contributed by atoms with Gasteiger partial charge in [-0.25, -0.2) is 9.59 Å². The molecule has 1 amide bonds. The molecule has 27 heavy (non-hydrogen) atoms. The minimum absolute atomic E-state index is 0.136. The second-order valence-corrected chi connectivity index (χ2v) is 6.57. The molecule has 0 bridgehead atoms. The molecule has 0 heterocycles. The van der Waals surface area contributed by atoms with E-state index in [1.807, 2.05) is 0 Å². The summed E-state index contributed by atoms with van der Waals surface area (Å²) in [6.45, 7) is 8.38. The first-order valence-corrected chi connectivity index (χ1v) is 8.25. The van der Waals surface area contributed by atoms with Crippen molar-refractivity contribution in [3.63, 3.8) is 0 Å². The zero-order valence-electron chi connectivity index (χ0n) is 15.6. The lowest BCUT2D eigenvalue weighted by molar-refractivity contribution is -0.141. The summed E-state index contributed by atoms with van der Waals surface area (Å²) >= 11 is 0. The number of hydrogen-bond donors (Lipinski definition) is 1. The van der Waals surface area contributed by atoms with Crippen LogP contribution in [0.25, 0.3) is 5.53 Å². The van der Waals surface area contributed by atoms with Crippen molar-refractivity contribution < 1.29 is 28.6 Å². The Bertz CT molecular complexity index is 746. The summed E-state index contributed by atoms with van der Waals surface area (Å²) in [7, 11) is 0. The van der Waals surface area contributed by atoms with Crippen LogP contribution in [0.1, 0.15) is 38.8 Å².